The minimum absolute atomic E-state index is 0.202. The highest BCUT2D eigenvalue weighted by atomic mass is 16.5. The summed E-state index contributed by atoms with van der Waals surface area (Å²) in [6.07, 6.45) is 7.48. The first-order valence-corrected chi connectivity index (χ1v) is 10.2. The van der Waals surface area contributed by atoms with Crippen LogP contribution in [0.25, 0.3) is 16.9 Å². The summed E-state index contributed by atoms with van der Waals surface area (Å²) in [5.74, 6) is 1.82. The lowest BCUT2D eigenvalue weighted by Crippen LogP contribution is -2.24. The summed E-state index contributed by atoms with van der Waals surface area (Å²) in [6.45, 7) is 3.14. The van der Waals surface area contributed by atoms with Crippen molar-refractivity contribution in [2.24, 2.45) is 0 Å². The summed E-state index contributed by atoms with van der Waals surface area (Å²) < 4.78 is 5.52. The number of ether oxygens (including phenoxy) is 1. The Labute approximate surface area is 175 Å². The van der Waals surface area contributed by atoms with Crippen LogP contribution in [0, 0.1) is 6.92 Å². The number of H-pyrrole nitrogens is 1. The molecule has 152 valence electrons. The molecule has 1 N–H and O–H groups in total. The molecule has 0 saturated carbocycles. The van der Waals surface area contributed by atoms with Crippen molar-refractivity contribution in [2.75, 3.05) is 18.6 Å². The Morgan fingerprint density at radius 1 is 1.10 bits per heavy atom. The number of imidazole rings is 1. The minimum atomic E-state index is 0.202. The lowest BCUT2D eigenvalue weighted by atomic mass is 10.1. The molecule has 7 nitrogen and oxygen atoms in total. The Hall–Kier alpha value is -3.61. The number of hydrogen-bond donors (Lipinski definition) is 1. The van der Waals surface area contributed by atoms with Crippen LogP contribution in [0.3, 0.4) is 0 Å². The van der Waals surface area contributed by atoms with E-state index in [4.69, 9.17) is 9.72 Å². The molecule has 0 amide bonds. The summed E-state index contributed by atoms with van der Waals surface area (Å²) in [4.78, 5) is 12.4. The number of nitrogens with one attached hydrogen (secondary N) is 1. The van der Waals surface area contributed by atoms with Gasteiger partial charge in [-0.25, -0.2) is 4.98 Å². The average molecular weight is 400 g/mol. The zero-order valence-corrected chi connectivity index (χ0v) is 17.1. The van der Waals surface area contributed by atoms with Gasteiger partial charge in [-0.3, -0.25) is 0 Å². The smallest absolute Gasteiger partial charge is 0.129 e. The van der Waals surface area contributed by atoms with Gasteiger partial charge in [0.25, 0.3) is 0 Å². The van der Waals surface area contributed by atoms with Gasteiger partial charge >= 0.3 is 0 Å². The maximum atomic E-state index is 5.52. The van der Waals surface area contributed by atoms with Gasteiger partial charge in [0.1, 0.15) is 11.6 Å². The van der Waals surface area contributed by atoms with Crippen LogP contribution in [0.4, 0.5) is 5.69 Å². The van der Waals surface area contributed by atoms with Gasteiger partial charge in [-0.1, -0.05) is 18.2 Å². The van der Waals surface area contributed by atoms with E-state index >= 15 is 0 Å². The lowest BCUT2D eigenvalue weighted by Gasteiger charge is -2.27. The fourth-order valence-electron chi connectivity index (χ4n) is 4.23. The Morgan fingerprint density at radius 3 is 2.77 bits per heavy atom. The second-order valence-electron chi connectivity index (χ2n) is 7.52. The van der Waals surface area contributed by atoms with Crippen LogP contribution in [-0.4, -0.2) is 38.6 Å². The van der Waals surface area contributed by atoms with Crippen LogP contribution in [0.5, 0.6) is 5.75 Å². The standard InChI is InChI=1S/C23H24N6O/c1-16-9-10-17(29-25-11-12-26-29)14-21(16)28-13-5-7-20(28)23-24-15-19(27-23)18-6-3-4-8-22(18)30-2/h3-4,6,8-12,14-15,20H,5,7,13H2,1-2H3,(H,24,27)/t20-/m0/s1. The van der Waals surface area contributed by atoms with E-state index in [0.29, 0.717) is 0 Å². The second-order valence-corrected chi connectivity index (χ2v) is 7.52. The van der Waals surface area contributed by atoms with Crippen molar-refractivity contribution < 1.29 is 4.74 Å². The molecule has 4 aromatic rings. The molecular formula is C23H24N6O. The predicted molar refractivity (Wildman–Crippen MR) is 116 cm³/mol. The first-order valence-electron chi connectivity index (χ1n) is 10.2. The van der Waals surface area contributed by atoms with E-state index in [1.165, 1.54) is 11.3 Å². The number of hydrogen-bond acceptors (Lipinski definition) is 5. The number of benzene rings is 2. The molecule has 5 rings (SSSR count). The van der Waals surface area contributed by atoms with Crippen LogP contribution in [0.15, 0.2) is 61.1 Å². The largest absolute Gasteiger partial charge is 0.496 e. The molecule has 0 spiro atoms. The molecule has 1 fully saturated rings. The lowest BCUT2D eigenvalue weighted by molar-refractivity contribution is 0.416. The zero-order valence-electron chi connectivity index (χ0n) is 17.1. The van der Waals surface area contributed by atoms with Gasteiger partial charge in [-0.05, 0) is 49.6 Å². The summed E-state index contributed by atoms with van der Waals surface area (Å²) in [6, 6.07) is 14.6. The van der Waals surface area contributed by atoms with E-state index in [-0.39, 0.29) is 6.04 Å². The van der Waals surface area contributed by atoms with Crippen molar-refractivity contribution in [3.05, 3.63) is 72.4 Å². The molecule has 1 aliphatic rings. The number of methoxy groups -OCH3 is 1. The Bertz CT molecular complexity index is 1150. The third kappa shape index (κ3) is 3.22. The van der Waals surface area contributed by atoms with Crippen LogP contribution in [0.1, 0.15) is 30.3 Å². The van der Waals surface area contributed by atoms with Gasteiger partial charge < -0.3 is 14.6 Å². The summed E-state index contributed by atoms with van der Waals surface area (Å²) >= 11 is 0. The normalized spacial score (nSPS) is 16.2. The van der Waals surface area contributed by atoms with Crippen molar-refractivity contribution >= 4 is 5.69 Å². The number of para-hydroxylation sites is 1. The molecule has 1 aliphatic heterocycles. The minimum Gasteiger partial charge on any atom is -0.496 e. The second kappa shape index (κ2) is 7.67. The highest BCUT2D eigenvalue weighted by Crippen LogP contribution is 2.38. The van der Waals surface area contributed by atoms with Crippen LogP contribution in [-0.2, 0) is 0 Å². The summed E-state index contributed by atoms with van der Waals surface area (Å²) in [5.41, 5.74) is 5.38. The zero-order chi connectivity index (χ0) is 20.5. The number of aryl methyl sites for hydroxylation is 1. The van der Waals surface area contributed by atoms with Gasteiger partial charge in [0.05, 0.1) is 43.1 Å². The molecule has 0 unspecified atom stereocenters. The summed E-state index contributed by atoms with van der Waals surface area (Å²) in [7, 11) is 1.69. The van der Waals surface area contributed by atoms with Gasteiger partial charge in [0, 0.05) is 17.8 Å². The molecule has 1 atom stereocenters. The van der Waals surface area contributed by atoms with Gasteiger partial charge in [0.15, 0.2) is 0 Å². The van der Waals surface area contributed by atoms with Gasteiger partial charge in [-0.2, -0.15) is 15.0 Å². The van der Waals surface area contributed by atoms with Crippen LogP contribution in [0.2, 0.25) is 0 Å². The van der Waals surface area contributed by atoms with E-state index in [1.807, 2.05) is 30.5 Å². The van der Waals surface area contributed by atoms with Gasteiger partial charge in [0.2, 0.25) is 0 Å². The number of rotatable bonds is 5. The van der Waals surface area contributed by atoms with Crippen molar-refractivity contribution in [2.45, 2.75) is 25.8 Å². The predicted octanol–water partition coefficient (Wildman–Crippen LogP) is 4.32. The number of anilines is 1. The van der Waals surface area contributed by atoms with Crippen LogP contribution < -0.4 is 9.64 Å². The van der Waals surface area contributed by atoms with Crippen molar-refractivity contribution in [3.8, 4) is 22.7 Å². The molecule has 7 heteroatoms. The molecule has 30 heavy (non-hydrogen) atoms. The Balaban J connectivity index is 1.48. The number of nitrogens with zero attached hydrogens (tertiary/aromatic N) is 5. The number of aromatic amines is 1. The van der Waals surface area contributed by atoms with E-state index in [2.05, 4.69) is 45.2 Å². The maximum absolute atomic E-state index is 5.52. The molecule has 0 radical (unpaired) electrons. The van der Waals surface area contributed by atoms with Crippen molar-refractivity contribution in [3.63, 3.8) is 0 Å². The summed E-state index contributed by atoms with van der Waals surface area (Å²) in [5, 5.41) is 8.54. The molecule has 0 aliphatic carbocycles. The Morgan fingerprint density at radius 2 is 1.93 bits per heavy atom. The van der Waals surface area contributed by atoms with Gasteiger partial charge in [-0.15, -0.1) is 0 Å². The average Bonchev–Trinajstić information content (AvgIpc) is 3.55. The fourth-order valence-corrected chi connectivity index (χ4v) is 4.23. The molecule has 0 bridgehead atoms. The SMILES string of the molecule is COc1ccccc1-c1cnc([C@@H]2CCCN2c2cc(-n3nccn3)ccc2C)[nH]1. The maximum Gasteiger partial charge on any atom is 0.129 e. The topological polar surface area (TPSA) is 71.9 Å². The van der Waals surface area contributed by atoms with E-state index < -0.39 is 0 Å². The highest BCUT2D eigenvalue weighted by molar-refractivity contribution is 5.67. The van der Waals surface area contributed by atoms with E-state index in [1.54, 1.807) is 24.3 Å². The first kappa shape index (κ1) is 18.4. The highest BCUT2D eigenvalue weighted by Gasteiger charge is 2.30. The first-order chi connectivity index (χ1) is 14.7. The molecule has 1 saturated heterocycles. The quantitative estimate of drug-likeness (QED) is 0.540. The molecule has 2 aromatic carbocycles. The third-order valence-electron chi connectivity index (χ3n) is 5.71. The third-order valence-corrected chi connectivity index (χ3v) is 5.71. The van der Waals surface area contributed by atoms with Crippen molar-refractivity contribution in [1.29, 1.82) is 0 Å². The number of aromatic nitrogens is 5. The molecular weight excluding hydrogens is 376 g/mol. The Kier molecular flexibility index (Phi) is 4.71. The molecule has 3 heterocycles. The van der Waals surface area contributed by atoms with E-state index in [0.717, 1.165) is 47.9 Å². The van der Waals surface area contributed by atoms with Crippen molar-refractivity contribution in [1.82, 2.24) is 25.0 Å². The fraction of sp³-hybridized carbons (Fsp3) is 0.261. The van der Waals surface area contributed by atoms with Crippen LogP contribution >= 0.6 is 0 Å². The monoisotopic (exact) mass is 400 g/mol. The van der Waals surface area contributed by atoms with E-state index in [9.17, 15) is 0 Å². The molecule has 2 aromatic heterocycles.